The van der Waals surface area contributed by atoms with Crippen LogP contribution in [0.4, 0.5) is 0 Å². The monoisotopic (exact) mass is 2040 g/mol. The zero-order valence-electron chi connectivity index (χ0n) is 93.5. The molecule has 4 N–H and O–H groups in total. The number of ether oxygens (including phenoxy) is 1. The molecular formula is C123H161N15O8S2. The van der Waals surface area contributed by atoms with Gasteiger partial charge in [0.1, 0.15) is 28.7 Å². The third-order valence-electron chi connectivity index (χ3n) is 22.3. The molecule has 9 aromatic carbocycles. The number of nitrogens with zero attached hydrogens (tertiary/aromatic N) is 13. The average molecular weight is 2040 g/mol. The second-order valence-electron chi connectivity index (χ2n) is 47.4. The number of amides is 1. The third-order valence-corrected chi connectivity index (χ3v) is 25.0. The molecule has 9 aromatic heterocycles. The SMILES string of the molecule is C.CC(C)(C)c1ccc(C(N)=O)cc1.CC(C)(C)c1cccc(OC=O)c1.CC(C)(C)c1nc(-c2ccccc2)cs1.CC(C)(C)c1nc2ccccc2[nH]1.CC(C)(C)c1nc2ccccc2o1.CC(C)(C)c1nc2ccccc2s1.CC(C)(C)c1ncc(CC(=O)O)cn1.CC(C)(C)c1nnc(-c2ccccc2)o1.Cc1nnc(C(C)(C)C)o1.Cn1c(C(C)(C)C)cc2ccccc21.Cn1c(C(C)(C)C)nc2ccccc21. The van der Waals surface area contributed by atoms with Crippen LogP contribution in [-0.2, 0) is 89.7 Å². The van der Waals surface area contributed by atoms with E-state index in [-0.39, 0.29) is 79.3 Å². The molecule has 23 nitrogen and oxygen atoms in total. The van der Waals surface area contributed by atoms with Gasteiger partial charge < -0.3 is 42.9 Å². The lowest BCUT2D eigenvalue weighted by molar-refractivity contribution is -0.136. The van der Waals surface area contributed by atoms with Crippen LogP contribution in [0, 0.1) is 6.92 Å². The van der Waals surface area contributed by atoms with Crippen molar-refractivity contribution in [1.82, 2.24) is 69.4 Å². The van der Waals surface area contributed by atoms with Crippen molar-refractivity contribution in [3.8, 4) is 28.5 Å². The molecule has 0 saturated heterocycles. The van der Waals surface area contributed by atoms with Crippen molar-refractivity contribution in [3.63, 3.8) is 0 Å². The van der Waals surface area contributed by atoms with E-state index in [2.05, 4.69) is 361 Å². The molecule has 148 heavy (non-hydrogen) atoms. The van der Waals surface area contributed by atoms with E-state index >= 15 is 0 Å². The number of rotatable bonds is 7. The minimum atomic E-state index is -0.864. The highest BCUT2D eigenvalue weighted by atomic mass is 32.1. The van der Waals surface area contributed by atoms with Crippen molar-refractivity contribution < 1.29 is 37.5 Å². The lowest BCUT2D eigenvalue weighted by Crippen LogP contribution is -2.17. The van der Waals surface area contributed by atoms with Crippen LogP contribution in [-0.4, -0.2) is 92.9 Å². The Hall–Kier alpha value is -13.8. The van der Waals surface area contributed by atoms with Gasteiger partial charge in [0.15, 0.2) is 5.58 Å². The first-order chi connectivity index (χ1) is 68.2. The third kappa shape index (κ3) is 37.3. The summed E-state index contributed by atoms with van der Waals surface area (Å²) in [5.74, 6) is 5.66. The van der Waals surface area contributed by atoms with Gasteiger partial charge in [-0.2, -0.15) is 0 Å². The largest absolute Gasteiger partial charge is 0.481 e. The number of primary amides is 1. The molecular weight excluding hydrogens is 1880 g/mol. The molecule has 0 fully saturated rings. The van der Waals surface area contributed by atoms with Gasteiger partial charge in [-0.3, -0.25) is 14.4 Å². The maximum Gasteiger partial charge on any atom is 0.307 e. The molecule has 0 aliphatic rings. The van der Waals surface area contributed by atoms with Gasteiger partial charge in [0, 0.05) is 115 Å². The molecule has 0 saturated carbocycles. The van der Waals surface area contributed by atoms with E-state index in [1.165, 1.54) is 48.0 Å². The minimum Gasteiger partial charge on any atom is -0.481 e. The maximum atomic E-state index is 10.8. The standard InChI is InChI=1S/C13H15NS.C13H17N.C12H14N2O.C12H16N2.C11H14N2.C11H13NO.C11H15NO.C11H13NS.C11H14O2.C10H14N2O2.C7H12N2O.CH4/c1-13(2,3)12-14-11(9-15-12)10-7-5-4-6-8-10;1-13(2,3)12-9-10-7-5-6-8-11(10)14(12)4;1-12(2,3)11-14-13-10(15-11)9-7-5-4-6-8-9;1-12(2,3)11-13-9-7-5-6-8-10(9)14(11)4;2*1-11(2,3)10-12-8-6-4-5-7-9(8)13-10;1-11(2,3)9-6-4-8(5-7-9)10(12)13;1-11(2,3)10-12-8-6-4-5-7-9(8)13-10;1-11(2,3)9-5-4-6-10(7-9)13-8-12;1-10(2,3)9-11-5-7(6-12-9)4-8(13)14;1-5-8-9-6(10-5)7(2,3)4;/h4-9H,1-3H3;5-9H,1-4H3;4-8H,1-3H3;5-8H,1-4H3;4-7H,1-3H3,(H,12,13);4-7H,1-3H3;4-7H,1-3H3,(H2,12,13);4-7H,1-3H3;4-8H,1-3H3;5-6H,4H2,1-3H3,(H,13,14);1-4H3;1H4. The summed E-state index contributed by atoms with van der Waals surface area (Å²) in [7, 11) is 4.22. The van der Waals surface area contributed by atoms with Crippen molar-refractivity contribution in [2.45, 2.75) is 309 Å². The number of para-hydroxylation sites is 8. The van der Waals surface area contributed by atoms with Gasteiger partial charge in [-0.25, -0.2) is 34.9 Å². The van der Waals surface area contributed by atoms with Gasteiger partial charge in [0.25, 0.3) is 6.47 Å². The number of carboxylic acids is 1. The number of aromatic nitrogens is 14. The van der Waals surface area contributed by atoms with Crippen LogP contribution in [0.15, 0.2) is 268 Å². The number of carboxylic acid groups (broad SMARTS) is 1. The summed E-state index contributed by atoms with van der Waals surface area (Å²) in [5, 5.41) is 30.1. The quantitative estimate of drug-likeness (QED) is 0.125. The number of hydrogen-bond acceptors (Lipinski definition) is 20. The normalized spacial score (nSPS) is 11.8. The number of aromatic amines is 1. The summed E-state index contributed by atoms with van der Waals surface area (Å²) in [5.41, 5.74) is 22.7. The second-order valence-corrected chi connectivity index (χ2v) is 49.3. The Morgan fingerprint density at radius 1 is 0.426 bits per heavy atom. The number of oxazole rings is 1. The van der Waals surface area contributed by atoms with Gasteiger partial charge in [0.2, 0.25) is 35.4 Å². The highest BCUT2D eigenvalue weighted by Crippen LogP contribution is 2.36. The number of imidazole rings is 2. The highest BCUT2D eigenvalue weighted by Gasteiger charge is 2.28. The van der Waals surface area contributed by atoms with E-state index in [1.54, 1.807) is 60.2 Å². The van der Waals surface area contributed by atoms with Gasteiger partial charge in [-0.1, -0.05) is 375 Å². The summed E-state index contributed by atoms with van der Waals surface area (Å²) < 4.78 is 27.0. The van der Waals surface area contributed by atoms with E-state index in [4.69, 9.17) is 28.8 Å². The van der Waals surface area contributed by atoms with Gasteiger partial charge in [-0.05, 0) is 130 Å². The number of carbonyl (C=O) groups is 3. The molecule has 0 aliphatic heterocycles. The Balaban J connectivity index is 0.000000220. The van der Waals surface area contributed by atoms with Crippen LogP contribution in [0.5, 0.6) is 5.75 Å². The lowest BCUT2D eigenvalue weighted by atomic mass is 9.87. The van der Waals surface area contributed by atoms with Crippen LogP contribution in [0.3, 0.4) is 0 Å². The van der Waals surface area contributed by atoms with E-state index < -0.39 is 5.97 Å². The minimum absolute atomic E-state index is 0. The average Bonchev–Trinajstić information content (AvgIpc) is 1.65. The van der Waals surface area contributed by atoms with Crippen LogP contribution < -0.4 is 10.5 Å². The molecule has 0 bridgehead atoms. The van der Waals surface area contributed by atoms with Crippen molar-refractivity contribution >= 4 is 95.3 Å². The molecule has 0 radical (unpaired) electrons. The first-order valence-corrected chi connectivity index (χ1v) is 51.4. The number of thiazole rings is 2. The topological polar surface area (TPSA) is 314 Å². The number of nitrogens with one attached hydrogen (secondary N) is 1. The van der Waals surface area contributed by atoms with Gasteiger partial charge in [-0.15, -0.1) is 43.1 Å². The smallest absolute Gasteiger partial charge is 0.307 e. The molecule has 0 aliphatic carbocycles. The zero-order valence-corrected chi connectivity index (χ0v) is 95.2. The fourth-order valence-electron chi connectivity index (χ4n) is 13.9. The Labute approximate surface area is 886 Å². The molecule has 788 valence electrons. The Bertz CT molecular complexity index is 6700. The molecule has 1 amide bonds. The summed E-state index contributed by atoms with van der Waals surface area (Å²) >= 11 is 3.53. The number of H-pyrrole nitrogens is 1. The number of carbonyl (C=O) groups excluding carboxylic acids is 2. The molecule has 0 spiro atoms. The fourth-order valence-corrected chi connectivity index (χ4v) is 15.9. The first kappa shape index (κ1) is 121. The molecule has 0 atom stereocenters. The van der Waals surface area contributed by atoms with Crippen molar-refractivity contribution in [3.05, 3.63) is 333 Å². The van der Waals surface area contributed by atoms with Crippen molar-refractivity contribution in [1.29, 1.82) is 0 Å². The van der Waals surface area contributed by atoms with E-state index in [0.717, 1.165) is 73.4 Å². The molecule has 25 heteroatoms. The molecule has 18 aromatic rings. The van der Waals surface area contributed by atoms with Crippen LogP contribution in [0.1, 0.15) is 320 Å². The van der Waals surface area contributed by atoms with Gasteiger partial charge in [0.05, 0.1) is 54.4 Å². The van der Waals surface area contributed by atoms with Crippen molar-refractivity contribution in [2.24, 2.45) is 19.8 Å². The summed E-state index contributed by atoms with van der Waals surface area (Å²) in [6.07, 6.45) is 3.12. The van der Waals surface area contributed by atoms with E-state index in [1.807, 2.05) is 175 Å². The van der Waals surface area contributed by atoms with E-state index in [9.17, 15) is 14.4 Å². The summed E-state index contributed by atoms with van der Waals surface area (Å²) in [4.78, 5) is 65.7. The van der Waals surface area contributed by atoms with Crippen molar-refractivity contribution in [2.75, 3.05) is 0 Å². The summed E-state index contributed by atoms with van der Waals surface area (Å²) in [6, 6.07) is 78.4. The Morgan fingerprint density at radius 2 is 0.932 bits per heavy atom. The number of aliphatic carboxylic acids is 1. The lowest BCUT2D eigenvalue weighted by Gasteiger charge is -2.19. The fraction of sp³-hybridized carbons (Fsp3) is 0.398. The molecule has 0 unspecified atom stereocenters. The van der Waals surface area contributed by atoms with Crippen LogP contribution >= 0.6 is 22.7 Å². The maximum absolute atomic E-state index is 10.8. The van der Waals surface area contributed by atoms with E-state index in [0.29, 0.717) is 46.9 Å². The second kappa shape index (κ2) is 51.2. The highest BCUT2D eigenvalue weighted by molar-refractivity contribution is 7.18. The number of fused-ring (bicyclic) bond motifs is 5. The number of benzene rings is 9. The number of aryl methyl sites for hydroxylation is 3. The number of nitrogens with two attached hydrogens (primary N) is 1. The summed E-state index contributed by atoms with van der Waals surface area (Å²) in [6.45, 7) is 72.6. The predicted molar refractivity (Wildman–Crippen MR) is 614 cm³/mol. The van der Waals surface area contributed by atoms with Crippen LogP contribution in [0.25, 0.3) is 77.0 Å². The molecule has 9 heterocycles. The predicted octanol–water partition coefficient (Wildman–Crippen LogP) is 31.4. The zero-order chi connectivity index (χ0) is 109. The first-order valence-electron chi connectivity index (χ1n) is 49.7. The molecule has 18 rings (SSSR count). The number of hydrogen-bond donors (Lipinski definition) is 3. The van der Waals surface area contributed by atoms with Gasteiger partial charge >= 0.3 is 5.97 Å². The Morgan fingerprint density at radius 3 is 1.39 bits per heavy atom. The Kier molecular flexibility index (Phi) is 41.9. The van der Waals surface area contributed by atoms with Crippen LogP contribution in [0.2, 0.25) is 0 Å².